The second-order valence-corrected chi connectivity index (χ2v) is 4.40. The average molecular weight is 287 g/mol. The minimum absolute atomic E-state index is 0.0154. The van der Waals surface area contributed by atoms with E-state index < -0.39 is 17.4 Å². The van der Waals surface area contributed by atoms with Crippen LogP contribution >= 0.6 is 23.2 Å². The molecule has 0 aliphatic heterocycles. The highest BCUT2D eigenvalue weighted by Gasteiger charge is 2.15. The van der Waals surface area contributed by atoms with E-state index in [9.17, 15) is 13.6 Å². The van der Waals surface area contributed by atoms with Crippen molar-refractivity contribution in [2.45, 2.75) is 0 Å². The van der Waals surface area contributed by atoms with E-state index in [2.05, 4.69) is 0 Å². The van der Waals surface area contributed by atoms with Crippen molar-refractivity contribution in [1.29, 1.82) is 0 Å². The number of hydrogen-bond acceptors (Lipinski definition) is 1. The second kappa shape index (κ2) is 5.04. The van der Waals surface area contributed by atoms with Gasteiger partial charge in [-0.3, -0.25) is 4.79 Å². The van der Waals surface area contributed by atoms with Gasteiger partial charge in [-0.1, -0.05) is 23.2 Å². The average Bonchev–Trinajstić information content (AvgIpc) is 2.35. The molecule has 0 bridgehead atoms. The Morgan fingerprint density at radius 1 is 0.944 bits per heavy atom. The van der Waals surface area contributed by atoms with E-state index in [1.54, 1.807) is 0 Å². The second-order valence-electron chi connectivity index (χ2n) is 3.58. The van der Waals surface area contributed by atoms with Crippen molar-refractivity contribution in [1.82, 2.24) is 0 Å². The maximum absolute atomic E-state index is 13.2. The maximum atomic E-state index is 13.2. The molecule has 0 amide bonds. The third-order valence-corrected chi connectivity index (χ3v) is 2.99. The molecule has 0 aromatic heterocycles. The van der Waals surface area contributed by atoms with Crippen molar-refractivity contribution < 1.29 is 13.6 Å². The summed E-state index contributed by atoms with van der Waals surface area (Å²) in [6, 6.07) is 7.04. The van der Waals surface area contributed by atoms with Gasteiger partial charge >= 0.3 is 0 Å². The molecule has 0 saturated heterocycles. The first-order chi connectivity index (χ1) is 8.49. The van der Waals surface area contributed by atoms with Gasteiger partial charge in [0.1, 0.15) is 11.6 Å². The molecule has 0 radical (unpaired) electrons. The molecule has 18 heavy (non-hydrogen) atoms. The summed E-state index contributed by atoms with van der Waals surface area (Å²) in [6.07, 6.45) is 0. The van der Waals surface area contributed by atoms with Crippen LogP contribution in [-0.4, -0.2) is 5.78 Å². The largest absolute Gasteiger partial charge is 0.289 e. The van der Waals surface area contributed by atoms with Gasteiger partial charge in [-0.2, -0.15) is 0 Å². The molecule has 0 spiro atoms. The van der Waals surface area contributed by atoms with Crippen LogP contribution in [0.5, 0.6) is 0 Å². The molecule has 0 unspecified atom stereocenters. The Labute approximate surface area is 112 Å². The summed E-state index contributed by atoms with van der Waals surface area (Å²) in [5.41, 5.74) is 0.0442. The van der Waals surface area contributed by atoms with Crippen LogP contribution in [0.4, 0.5) is 8.78 Å². The summed E-state index contributed by atoms with van der Waals surface area (Å²) in [5, 5.41) is 0.0219. The zero-order chi connectivity index (χ0) is 13.3. The minimum atomic E-state index is -0.713. The lowest BCUT2D eigenvalue weighted by Crippen LogP contribution is -2.03. The molecule has 2 aromatic carbocycles. The third kappa shape index (κ3) is 2.52. The SMILES string of the molecule is O=C(c1ccc(Cl)c(F)c1)c1cc(F)ccc1Cl. The molecule has 0 saturated carbocycles. The highest BCUT2D eigenvalue weighted by atomic mass is 35.5. The van der Waals surface area contributed by atoms with Gasteiger partial charge in [0, 0.05) is 11.1 Å². The van der Waals surface area contributed by atoms with Crippen LogP contribution in [0.15, 0.2) is 36.4 Å². The highest BCUT2D eigenvalue weighted by molar-refractivity contribution is 6.35. The first kappa shape index (κ1) is 13.0. The summed E-state index contributed by atoms with van der Waals surface area (Å²) in [5.74, 6) is -1.86. The van der Waals surface area contributed by atoms with Crippen molar-refractivity contribution in [3.8, 4) is 0 Å². The van der Waals surface area contributed by atoms with Crippen LogP contribution in [0.1, 0.15) is 15.9 Å². The normalized spacial score (nSPS) is 10.4. The lowest BCUT2D eigenvalue weighted by molar-refractivity contribution is 0.103. The van der Waals surface area contributed by atoms with E-state index in [1.807, 2.05) is 0 Å². The molecule has 0 aliphatic rings. The van der Waals surface area contributed by atoms with E-state index in [-0.39, 0.29) is 21.2 Å². The number of carbonyl (C=O) groups is 1. The smallest absolute Gasteiger partial charge is 0.194 e. The molecule has 92 valence electrons. The standard InChI is InChI=1S/C13H6Cl2F2O/c14-10-4-2-8(16)6-9(10)13(18)7-1-3-11(15)12(17)5-7/h1-6H. The zero-order valence-corrected chi connectivity index (χ0v) is 10.4. The third-order valence-electron chi connectivity index (χ3n) is 2.35. The first-order valence-corrected chi connectivity index (χ1v) is 5.69. The van der Waals surface area contributed by atoms with Crippen molar-refractivity contribution in [3.05, 3.63) is 69.2 Å². The molecule has 0 fully saturated rings. The summed E-state index contributed by atoms with van der Waals surface area (Å²) in [4.78, 5) is 12.0. The Balaban J connectivity index is 2.47. The molecule has 1 nitrogen and oxygen atoms in total. The Kier molecular flexibility index (Phi) is 3.64. The van der Waals surface area contributed by atoms with Gasteiger partial charge in [0.05, 0.1) is 10.0 Å². The van der Waals surface area contributed by atoms with Crippen LogP contribution in [0.3, 0.4) is 0 Å². The maximum Gasteiger partial charge on any atom is 0.194 e. The van der Waals surface area contributed by atoms with Crippen LogP contribution in [-0.2, 0) is 0 Å². The molecule has 0 atom stereocenters. The summed E-state index contributed by atoms with van der Waals surface area (Å²) >= 11 is 11.3. The summed E-state index contributed by atoms with van der Waals surface area (Å²) in [7, 11) is 0. The van der Waals surface area contributed by atoms with Crippen LogP contribution in [0, 0.1) is 11.6 Å². The van der Waals surface area contributed by atoms with Crippen molar-refractivity contribution >= 4 is 29.0 Å². The number of ketones is 1. The van der Waals surface area contributed by atoms with Gasteiger partial charge in [0.15, 0.2) is 5.78 Å². The fourth-order valence-electron chi connectivity index (χ4n) is 1.46. The minimum Gasteiger partial charge on any atom is -0.289 e. The Morgan fingerprint density at radius 3 is 2.28 bits per heavy atom. The van der Waals surface area contributed by atoms with Crippen molar-refractivity contribution in [2.24, 2.45) is 0 Å². The van der Waals surface area contributed by atoms with Crippen molar-refractivity contribution in [3.63, 3.8) is 0 Å². The fraction of sp³-hybridized carbons (Fsp3) is 0. The van der Waals surface area contributed by atoms with Crippen molar-refractivity contribution in [2.75, 3.05) is 0 Å². The van der Waals surface area contributed by atoms with E-state index in [0.717, 1.165) is 18.2 Å². The number of rotatable bonds is 2. The topological polar surface area (TPSA) is 17.1 Å². The summed E-state index contributed by atoms with van der Waals surface area (Å²) < 4.78 is 26.3. The molecule has 0 aliphatic carbocycles. The van der Waals surface area contributed by atoms with Crippen LogP contribution < -0.4 is 0 Å². The van der Waals surface area contributed by atoms with Gasteiger partial charge in [0.2, 0.25) is 0 Å². The number of halogens is 4. The van der Waals surface area contributed by atoms with E-state index in [0.29, 0.717) is 0 Å². The number of hydrogen-bond donors (Lipinski definition) is 0. The molecule has 5 heteroatoms. The predicted octanol–water partition coefficient (Wildman–Crippen LogP) is 4.50. The predicted molar refractivity (Wildman–Crippen MR) is 66.3 cm³/mol. The number of carbonyl (C=O) groups excluding carboxylic acids is 1. The highest BCUT2D eigenvalue weighted by Crippen LogP contribution is 2.23. The van der Waals surface area contributed by atoms with Gasteiger partial charge < -0.3 is 0 Å². The van der Waals surface area contributed by atoms with Crippen LogP contribution in [0.2, 0.25) is 10.0 Å². The molecular formula is C13H6Cl2F2O. The van der Waals surface area contributed by atoms with E-state index >= 15 is 0 Å². The van der Waals surface area contributed by atoms with Crippen LogP contribution in [0.25, 0.3) is 0 Å². The molecular weight excluding hydrogens is 281 g/mol. The Hall–Kier alpha value is -1.45. The summed E-state index contributed by atoms with van der Waals surface area (Å²) in [6.45, 7) is 0. The quantitative estimate of drug-likeness (QED) is 0.743. The molecule has 0 heterocycles. The van der Waals surface area contributed by atoms with Gasteiger partial charge in [0.25, 0.3) is 0 Å². The number of benzene rings is 2. The lowest BCUT2D eigenvalue weighted by atomic mass is 10.0. The fourth-order valence-corrected chi connectivity index (χ4v) is 1.79. The molecule has 0 N–H and O–H groups in total. The van der Waals surface area contributed by atoms with E-state index in [4.69, 9.17) is 23.2 Å². The zero-order valence-electron chi connectivity index (χ0n) is 8.88. The molecule has 2 aromatic rings. The first-order valence-electron chi connectivity index (χ1n) is 4.94. The van der Waals surface area contributed by atoms with E-state index in [1.165, 1.54) is 18.2 Å². The Bertz CT molecular complexity index is 626. The van der Waals surface area contributed by atoms with Gasteiger partial charge in [-0.15, -0.1) is 0 Å². The molecule has 2 rings (SSSR count). The van der Waals surface area contributed by atoms with Gasteiger partial charge in [-0.05, 0) is 36.4 Å². The Morgan fingerprint density at radius 2 is 1.61 bits per heavy atom. The van der Waals surface area contributed by atoms with Gasteiger partial charge in [-0.25, -0.2) is 8.78 Å². The monoisotopic (exact) mass is 286 g/mol. The lowest BCUT2D eigenvalue weighted by Gasteiger charge is -2.04.